The summed E-state index contributed by atoms with van der Waals surface area (Å²) in [6.07, 6.45) is 5.57. The van der Waals surface area contributed by atoms with E-state index in [0.29, 0.717) is 0 Å². The van der Waals surface area contributed by atoms with Crippen LogP contribution in [0.1, 0.15) is 46.0 Å². The highest BCUT2D eigenvalue weighted by Crippen LogP contribution is 2.20. The van der Waals surface area contributed by atoms with E-state index < -0.39 is 0 Å². The Kier molecular flexibility index (Phi) is 4.58. The monoisotopic (exact) mass is 212 g/mol. The lowest BCUT2D eigenvalue weighted by Crippen LogP contribution is -2.57. The Hall–Kier alpha value is -0.570. The number of likely N-dealkylation sites (N-methyl/N-ethyl adjacent to an activating group) is 1. The van der Waals surface area contributed by atoms with E-state index in [1.165, 1.54) is 6.42 Å². The molecule has 0 bridgehead atoms. The fourth-order valence-corrected chi connectivity index (χ4v) is 2.16. The maximum absolute atomic E-state index is 12.2. The molecule has 0 radical (unpaired) electrons. The molecule has 1 unspecified atom stereocenters. The van der Waals surface area contributed by atoms with Gasteiger partial charge in [0.15, 0.2) is 0 Å². The van der Waals surface area contributed by atoms with Crippen molar-refractivity contribution >= 4 is 5.91 Å². The van der Waals surface area contributed by atoms with Crippen molar-refractivity contribution in [2.75, 3.05) is 20.1 Å². The van der Waals surface area contributed by atoms with Gasteiger partial charge in [-0.05, 0) is 39.2 Å². The number of unbranched alkanes of at least 4 members (excludes halogenated alkanes) is 1. The highest BCUT2D eigenvalue weighted by Gasteiger charge is 2.35. The van der Waals surface area contributed by atoms with Crippen molar-refractivity contribution in [1.29, 1.82) is 0 Å². The van der Waals surface area contributed by atoms with Gasteiger partial charge >= 0.3 is 0 Å². The molecule has 0 aliphatic carbocycles. The SMILES string of the molecule is CCCCN(C)C(=O)C1(C)CCCCN1. The first-order valence-electron chi connectivity index (χ1n) is 6.11. The number of carbonyl (C=O) groups is 1. The van der Waals surface area contributed by atoms with Crippen LogP contribution in [0.25, 0.3) is 0 Å². The number of hydrogen-bond donors (Lipinski definition) is 1. The number of rotatable bonds is 4. The van der Waals surface area contributed by atoms with Crippen molar-refractivity contribution < 1.29 is 4.79 Å². The molecule has 1 amide bonds. The predicted molar refractivity (Wildman–Crippen MR) is 62.8 cm³/mol. The van der Waals surface area contributed by atoms with Gasteiger partial charge in [0.2, 0.25) is 5.91 Å². The molecule has 3 heteroatoms. The molecule has 1 N–H and O–H groups in total. The number of nitrogens with one attached hydrogen (secondary N) is 1. The number of nitrogens with zero attached hydrogens (tertiary/aromatic N) is 1. The molecule has 0 aromatic rings. The molecule has 1 aliphatic rings. The molecule has 0 aromatic carbocycles. The Morgan fingerprint density at radius 2 is 2.20 bits per heavy atom. The molecular weight excluding hydrogens is 188 g/mol. The van der Waals surface area contributed by atoms with Crippen molar-refractivity contribution in [2.24, 2.45) is 0 Å². The normalized spacial score (nSPS) is 26.3. The zero-order chi connectivity index (χ0) is 11.3. The zero-order valence-electron chi connectivity index (χ0n) is 10.3. The molecule has 15 heavy (non-hydrogen) atoms. The standard InChI is InChI=1S/C12H24N2O/c1-4-5-10-14(3)11(15)12(2)8-6-7-9-13-12/h13H,4-10H2,1-3H3. The molecule has 1 heterocycles. The molecule has 1 rings (SSSR count). The van der Waals surface area contributed by atoms with Crippen LogP contribution >= 0.6 is 0 Å². The average molecular weight is 212 g/mol. The van der Waals surface area contributed by atoms with Gasteiger partial charge in [-0.1, -0.05) is 13.3 Å². The van der Waals surface area contributed by atoms with Gasteiger partial charge in [0.1, 0.15) is 0 Å². The molecule has 0 saturated carbocycles. The summed E-state index contributed by atoms with van der Waals surface area (Å²) >= 11 is 0. The van der Waals surface area contributed by atoms with Crippen LogP contribution < -0.4 is 5.32 Å². The van der Waals surface area contributed by atoms with E-state index in [1.807, 2.05) is 18.9 Å². The first kappa shape index (κ1) is 12.5. The van der Waals surface area contributed by atoms with Gasteiger partial charge < -0.3 is 10.2 Å². The fraction of sp³-hybridized carbons (Fsp3) is 0.917. The van der Waals surface area contributed by atoms with Crippen molar-refractivity contribution in [3.05, 3.63) is 0 Å². The van der Waals surface area contributed by atoms with Gasteiger partial charge in [-0.2, -0.15) is 0 Å². The number of carbonyl (C=O) groups excluding carboxylic acids is 1. The zero-order valence-corrected chi connectivity index (χ0v) is 10.3. The molecule has 1 fully saturated rings. The summed E-state index contributed by atoms with van der Waals surface area (Å²) in [6.45, 7) is 6.05. The largest absolute Gasteiger partial charge is 0.344 e. The predicted octanol–water partition coefficient (Wildman–Crippen LogP) is 1.78. The number of hydrogen-bond acceptors (Lipinski definition) is 2. The summed E-state index contributed by atoms with van der Waals surface area (Å²) in [5.74, 6) is 0.260. The Balaban J connectivity index is 2.49. The quantitative estimate of drug-likeness (QED) is 0.770. The van der Waals surface area contributed by atoms with E-state index in [0.717, 1.165) is 38.8 Å². The van der Waals surface area contributed by atoms with Crippen molar-refractivity contribution in [3.63, 3.8) is 0 Å². The Bertz CT molecular complexity index is 210. The van der Waals surface area contributed by atoms with Gasteiger partial charge in [-0.15, -0.1) is 0 Å². The van der Waals surface area contributed by atoms with Crippen LogP contribution in [0.4, 0.5) is 0 Å². The van der Waals surface area contributed by atoms with Crippen LogP contribution in [0.3, 0.4) is 0 Å². The first-order chi connectivity index (χ1) is 7.10. The average Bonchev–Trinajstić information content (AvgIpc) is 2.26. The second kappa shape index (κ2) is 5.50. The molecule has 1 atom stereocenters. The second-order valence-corrected chi connectivity index (χ2v) is 4.80. The molecular formula is C12H24N2O. The molecule has 1 aliphatic heterocycles. The van der Waals surface area contributed by atoms with Gasteiger partial charge in [0.25, 0.3) is 0 Å². The third-order valence-corrected chi connectivity index (χ3v) is 3.28. The Morgan fingerprint density at radius 1 is 1.47 bits per heavy atom. The topological polar surface area (TPSA) is 32.3 Å². The van der Waals surface area contributed by atoms with Crippen LogP contribution in [0.2, 0.25) is 0 Å². The summed E-state index contributed by atoms with van der Waals surface area (Å²) in [7, 11) is 1.92. The van der Waals surface area contributed by atoms with Crippen LogP contribution in [0, 0.1) is 0 Å². The van der Waals surface area contributed by atoms with Crippen LogP contribution in [0.15, 0.2) is 0 Å². The molecule has 0 spiro atoms. The highest BCUT2D eigenvalue weighted by atomic mass is 16.2. The lowest BCUT2D eigenvalue weighted by Gasteiger charge is -2.36. The van der Waals surface area contributed by atoms with E-state index >= 15 is 0 Å². The lowest BCUT2D eigenvalue weighted by molar-refractivity contribution is -0.137. The Labute approximate surface area is 93.2 Å². The van der Waals surface area contributed by atoms with E-state index in [-0.39, 0.29) is 11.4 Å². The van der Waals surface area contributed by atoms with Gasteiger partial charge in [0, 0.05) is 13.6 Å². The van der Waals surface area contributed by atoms with E-state index in [2.05, 4.69) is 12.2 Å². The van der Waals surface area contributed by atoms with Crippen molar-refractivity contribution in [1.82, 2.24) is 10.2 Å². The van der Waals surface area contributed by atoms with Gasteiger partial charge in [0.05, 0.1) is 5.54 Å². The fourth-order valence-electron chi connectivity index (χ4n) is 2.16. The summed E-state index contributed by atoms with van der Waals surface area (Å²) in [6, 6.07) is 0. The Morgan fingerprint density at radius 3 is 2.73 bits per heavy atom. The molecule has 3 nitrogen and oxygen atoms in total. The molecule has 1 saturated heterocycles. The van der Waals surface area contributed by atoms with E-state index in [1.54, 1.807) is 0 Å². The van der Waals surface area contributed by atoms with Gasteiger partial charge in [-0.25, -0.2) is 0 Å². The van der Waals surface area contributed by atoms with E-state index in [9.17, 15) is 4.79 Å². The third kappa shape index (κ3) is 3.20. The maximum Gasteiger partial charge on any atom is 0.242 e. The summed E-state index contributed by atoms with van der Waals surface area (Å²) in [5.41, 5.74) is -0.305. The van der Waals surface area contributed by atoms with Crippen molar-refractivity contribution in [2.45, 2.75) is 51.5 Å². The minimum atomic E-state index is -0.305. The summed E-state index contributed by atoms with van der Waals surface area (Å²) in [5, 5.41) is 3.36. The van der Waals surface area contributed by atoms with Crippen LogP contribution in [-0.4, -0.2) is 36.5 Å². The minimum Gasteiger partial charge on any atom is -0.344 e. The lowest BCUT2D eigenvalue weighted by atomic mass is 9.89. The van der Waals surface area contributed by atoms with Crippen LogP contribution in [-0.2, 0) is 4.79 Å². The van der Waals surface area contributed by atoms with Crippen LogP contribution in [0.5, 0.6) is 0 Å². The highest BCUT2D eigenvalue weighted by molar-refractivity contribution is 5.85. The third-order valence-electron chi connectivity index (χ3n) is 3.28. The summed E-state index contributed by atoms with van der Waals surface area (Å²) < 4.78 is 0. The molecule has 0 aromatic heterocycles. The smallest absolute Gasteiger partial charge is 0.242 e. The second-order valence-electron chi connectivity index (χ2n) is 4.80. The minimum absolute atomic E-state index is 0.260. The first-order valence-corrected chi connectivity index (χ1v) is 6.11. The summed E-state index contributed by atoms with van der Waals surface area (Å²) in [4.78, 5) is 14.1. The van der Waals surface area contributed by atoms with Gasteiger partial charge in [-0.3, -0.25) is 4.79 Å². The van der Waals surface area contributed by atoms with Crippen molar-refractivity contribution in [3.8, 4) is 0 Å². The number of piperidine rings is 1. The maximum atomic E-state index is 12.2. The number of amides is 1. The van der Waals surface area contributed by atoms with E-state index in [4.69, 9.17) is 0 Å². The molecule has 88 valence electrons.